The molecule has 22 heteroatoms. The molecule has 21 nitrogen and oxygen atoms in total. The van der Waals surface area contributed by atoms with Gasteiger partial charge in [-0.15, -0.1) is 0 Å². The van der Waals surface area contributed by atoms with Gasteiger partial charge in [0.25, 0.3) is 5.56 Å². The Balaban J connectivity index is 1.29. The number of nitrogens with zero attached hydrogens (tertiary/aromatic N) is 6. The molecule has 3 aromatic heterocycles. The lowest BCUT2D eigenvalue weighted by Crippen LogP contribution is -2.32. The molecule has 0 amide bonds. The summed E-state index contributed by atoms with van der Waals surface area (Å²) in [7, 11) is -4.88. The summed E-state index contributed by atoms with van der Waals surface area (Å²) >= 11 is 0. The number of H-pyrrole nitrogens is 1. The van der Waals surface area contributed by atoms with E-state index < -0.39 is 74.5 Å². The normalized spacial score (nSPS) is 26.4. The molecule has 6 N–H and O–H groups in total. The Bertz CT molecular complexity index is 1730. The van der Waals surface area contributed by atoms with Crippen molar-refractivity contribution in [3.8, 4) is 0 Å². The van der Waals surface area contributed by atoms with Crippen LogP contribution in [-0.2, 0) is 42.1 Å². The highest BCUT2D eigenvalue weighted by Crippen LogP contribution is 2.49. The number of fused-ring (bicyclic) bond motifs is 1. The zero-order valence-corrected chi connectivity index (χ0v) is 24.1. The zero-order valence-electron chi connectivity index (χ0n) is 23.2. The van der Waals surface area contributed by atoms with Crippen molar-refractivity contribution >= 4 is 42.8 Å². The second-order valence-electron chi connectivity index (χ2n) is 9.77. The van der Waals surface area contributed by atoms with Gasteiger partial charge < -0.3 is 35.3 Å². The first-order valence-electron chi connectivity index (χ1n) is 13.0. The molecule has 5 heterocycles. The van der Waals surface area contributed by atoms with Crippen LogP contribution in [0.1, 0.15) is 39.1 Å². The number of aromatic amines is 1. The molecule has 0 radical (unpaired) electrons. The average molecular weight is 641 g/mol. The van der Waals surface area contributed by atoms with Gasteiger partial charge in [-0.3, -0.25) is 37.5 Å². The van der Waals surface area contributed by atoms with Crippen molar-refractivity contribution in [2.24, 2.45) is 0 Å². The number of phosphoric acid groups is 1. The van der Waals surface area contributed by atoms with Crippen molar-refractivity contribution in [1.29, 1.82) is 0 Å². The van der Waals surface area contributed by atoms with Crippen molar-refractivity contribution in [1.82, 2.24) is 34.1 Å². The van der Waals surface area contributed by atoms with Gasteiger partial charge in [0, 0.05) is 26.7 Å². The van der Waals surface area contributed by atoms with E-state index in [1.807, 2.05) is 0 Å². The standard InChI is InChI=1S/C22H28N9O12P/c1-9(32)38-5-13-12(4-15(41-13)30-7-25-17-18(30)27-21(24)28-19(17)34)43-44(36,37)39-6-14-11(40-10(2)33)3-16(42-14)31-8-26-20(23)29-22(31)35/h7-8,11-16H,3-6H2,1-2H3,(H,36,37)(H2,23,29,35)(H3,24,27,28,34)/t11?,12?,13-,14-,15-,16-/m1/s1. The van der Waals surface area contributed by atoms with Crippen LogP contribution >= 0.6 is 7.82 Å². The molecular formula is C22H28N9O12P. The van der Waals surface area contributed by atoms with Crippen LogP contribution in [0.3, 0.4) is 0 Å². The van der Waals surface area contributed by atoms with Crippen LogP contribution in [0.5, 0.6) is 0 Å². The van der Waals surface area contributed by atoms with Crippen molar-refractivity contribution < 1.29 is 47.0 Å². The van der Waals surface area contributed by atoms with E-state index in [-0.39, 0.29) is 42.5 Å². The number of carbonyl (C=O) groups is 2. The fourth-order valence-corrected chi connectivity index (χ4v) is 5.73. The maximum atomic E-state index is 13.1. The van der Waals surface area contributed by atoms with Crippen LogP contribution in [0.25, 0.3) is 11.2 Å². The first kappa shape index (κ1) is 31.2. The van der Waals surface area contributed by atoms with E-state index in [0.717, 1.165) is 17.8 Å². The summed E-state index contributed by atoms with van der Waals surface area (Å²) in [5.41, 5.74) is 9.79. The highest BCUT2D eigenvalue weighted by Gasteiger charge is 2.45. The van der Waals surface area contributed by atoms with Crippen LogP contribution in [0, 0.1) is 0 Å². The predicted octanol–water partition coefficient (Wildman–Crippen LogP) is -1.49. The monoisotopic (exact) mass is 641 g/mol. The van der Waals surface area contributed by atoms with Gasteiger partial charge >= 0.3 is 25.5 Å². The van der Waals surface area contributed by atoms with E-state index in [4.69, 9.17) is 39.5 Å². The smallest absolute Gasteiger partial charge is 0.463 e. The maximum Gasteiger partial charge on any atom is 0.472 e. The molecule has 3 unspecified atom stereocenters. The molecule has 2 saturated heterocycles. The summed E-state index contributed by atoms with van der Waals surface area (Å²) in [4.78, 5) is 75.9. The van der Waals surface area contributed by atoms with E-state index in [1.54, 1.807) is 0 Å². The summed E-state index contributed by atoms with van der Waals surface area (Å²) in [6.07, 6.45) is -3.96. The third kappa shape index (κ3) is 6.93. The topological polar surface area (TPSA) is 290 Å². The third-order valence-corrected chi connectivity index (χ3v) is 7.63. The summed E-state index contributed by atoms with van der Waals surface area (Å²) in [6, 6.07) is 0. The van der Waals surface area contributed by atoms with Crippen LogP contribution in [0.2, 0.25) is 0 Å². The summed E-state index contributed by atoms with van der Waals surface area (Å²) in [6.45, 7) is 1.38. The van der Waals surface area contributed by atoms with Gasteiger partial charge in [-0.2, -0.15) is 9.97 Å². The summed E-state index contributed by atoms with van der Waals surface area (Å²) < 4.78 is 48.1. The predicted molar refractivity (Wildman–Crippen MR) is 143 cm³/mol. The molecule has 5 rings (SSSR count). The number of phosphoric ester groups is 1. The van der Waals surface area contributed by atoms with E-state index in [9.17, 15) is 28.6 Å². The second-order valence-corrected chi connectivity index (χ2v) is 11.2. The van der Waals surface area contributed by atoms with Crippen LogP contribution < -0.4 is 22.7 Å². The van der Waals surface area contributed by atoms with E-state index in [1.165, 1.54) is 17.8 Å². The second kappa shape index (κ2) is 12.4. The largest absolute Gasteiger partial charge is 0.472 e. The average Bonchev–Trinajstić information content (AvgIpc) is 3.63. The number of rotatable bonds is 10. The SMILES string of the molecule is CC(=O)OC[C@H]1O[C@@H](n2cnc3c(=O)[nH]c(N)nc32)CC1OP(=O)(O)OC[C@H]1O[C@@H](n2cnc(N)nc2=O)CC1OC(C)=O. The molecule has 0 aromatic carbocycles. The molecule has 2 aliphatic rings. The number of carbonyl (C=O) groups excluding carboxylic acids is 2. The molecule has 44 heavy (non-hydrogen) atoms. The zero-order chi connectivity index (χ0) is 31.8. The first-order chi connectivity index (χ1) is 20.8. The molecule has 238 valence electrons. The summed E-state index contributed by atoms with van der Waals surface area (Å²) in [5, 5.41) is 0. The van der Waals surface area contributed by atoms with E-state index in [0.29, 0.717) is 0 Å². The highest BCUT2D eigenvalue weighted by atomic mass is 31.2. The van der Waals surface area contributed by atoms with Gasteiger partial charge in [-0.05, 0) is 0 Å². The molecular weight excluding hydrogens is 613 g/mol. The lowest BCUT2D eigenvalue weighted by Gasteiger charge is -2.23. The third-order valence-electron chi connectivity index (χ3n) is 6.62. The number of ether oxygens (including phenoxy) is 4. The minimum atomic E-state index is -4.88. The fourth-order valence-electron chi connectivity index (χ4n) is 4.77. The Labute approximate surface area is 246 Å². The number of nitrogen functional groups attached to an aromatic ring is 2. The number of nitrogens with two attached hydrogens (primary N) is 2. The van der Waals surface area contributed by atoms with Gasteiger partial charge in [0.05, 0.1) is 12.9 Å². The summed E-state index contributed by atoms with van der Waals surface area (Å²) in [5.74, 6) is -1.72. The maximum absolute atomic E-state index is 13.1. The van der Waals surface area contributed by atoms with Gasteiger partial charge in [0.15, 0.2) is 11.2 Å². The Morgan fingerprint density at radius 2 is 1.68 bits per heavy atom. The minimum absolute atomic E-state index is 0.0233. The Kier molecular flexibility index (Phi) is 8.77. The van der Waals surface area contributed by atoms with E-state index in [2.05, 4.69) is 24.9 Å². The molecule has 0 spiro atoms. The Hall–Kier alpha value is -4.27. The number of anilines is 2. The number of aromatic nitrogens is 7. The molecule has 7 atom stereocenters. The van der Waals surface area contributed by atoms with Gasteiger partial charge in [0.2, 0.25) is 11.9 Å². The van der Waals surface area contributed by atoms with E-state index >= 15 is 0 Å². The fraction of sp³-hybridized carbons (Fsp3) is 0.545. The van der Waals surface area contributed by atoms with Gasteiger partial charge in [0.1, 0.15) is 49.8 Å². The van der Waals surface area contributed by atoms with Gasteiger partial charge in [-0.25, -0.2) is 19.3 Å². The number of nitrogens with one attached hydrogen (secondary N) is 1. The van der Waals surface area contributed by atoms with Crippen molar-refractivity contribution in [3.05, 3.63) is 33.5 Å². The number of esters is 2. The number of hydrogen-bond acceptors (Lipinski definition) is 17. The molecule has 0 aliphatic carbocycles. The number of hydrogen-bond donors (Lipinski definition) is 4. The molecule has 0 saturated carbocycles. The lowest BCUT2D eigenvalue weighted by atomic mass is 10.2. The Morgan fingerprint density at radius 1 is 1.02 bits per heavy atom. The van der Waals surface area contributed by atoms with Crippen LogP contribution in [0.4, 0.5) is 11.9 Å². The lowest BCUT2D eigenvalue weighted by molar-refractivity contribution is -0.150. The molecule has 0 bridgehead atoms. The van der Waals surface area contributed by atoms with Crippen molar-refractivity contribution in [2.75, 3.05) is 24.7 Å². The molecule has 3 aromatic rings. The number of imidazole rings is 1. The van der Waals surface area contributed by atoms with Crippen LogP contribution in [0.15, 0.2) is 22.2 Å². The van der Waals surface area contributed by atoms with Crippen molar-refractivity contribution in [2.45, 2.75) is 63.6 Å². The van der Waals surface area contributed by atoms with Crippen molar-refractivity contribution in [3.63, 3.8) is 0 Å². The van der Waals surface area contributed by atoms with Crippen LogP contribution in [-0.4, -0.2) is 88.5 Å². The molecule has 2 aliphatic heterocycles. The first-order valence-corrected chi connectivity index (χ1v) is 14.5. The molecule has 2 fully saturated rings. The van der Waals surface area contributed by atoms with Gasteiger partial charge in [-0.1, -0.05) is 0 Å². The Morgan fingerprint density at radius 3 is 2.36 bits per heavy atom. The minimum Gasteiger partial charge on any atom is -0.463 e. The quantitative estimate of drug-likeness (QED) is 0.145. The highest BCUT2D eigenvalue weighted by molar-refractivity contribution is 7.47.